The van der Waals surface area contributed by atoms with E-state index in [0.29, 0.717) is 24.4 Å². The van der Waals surface area contributed by atoms with Crippen LogP contribution < -0.4 is 15.0 Å². The number of nitrogens with zero attached hydrogens (tertiary/aromatic N) is 2. The van der Waals surface area contributed by atoms with E-state index in [1.54, 1.807) is 26.2 Å². The van der Waals surface area contributed by atoms with Crippen molar-refractivity contribution < 1.29 is 32.3 Å². The summed E-state index contributed by atoms with van der Waals surface area (Å²) in [5, 5.41) is 3.53. The van der Waals surface area contributed by atoms with Crippen molar-refractivity contribution in [3.8, 4) is 5.75 Å². The Balaban J connectivity index is 1.32. The number of alkyl halides is 3. The fraction of sp³-hybridized carbons (Fsp3) is 0.233. The van der Waals surface area contributed by atoms with Crippen molar-refractivity contribution in [1.82, 2.24) is 15.2 Å². The van der Waals surface area contributed by atoms with Gasteiger partial charge in [-0.05, 0) is 66.9 Å². The standard InChI is InChI=1S/C30H25F3N4O4/c1-29-25-20(22-15-19(41-2)10-11-23(22)35-25)12-13-36(29)28(40)37(27(29)39)24-9-4-3-8-21(24)26(38)34-16-17-6-5-7-18(14-17)30(31,32)33/h3-11,14-15,35H,12-13,16H2,1-2H3,(H,34,38). The minimum atomic E-state index is -4.51. The number of amides is 4. The highest BCUT2D eigenvalue weighted by Crippen LogP contribution is 2.46. The lowest BCUT2D eigenvalue weighted by atomic mass is 9.87. The molecule has 4 amide bonds. The number of aromatic amines is 1. The van der Waals surface area contributed by atoms with E-state index in [1.165, 1.54) is 29.2 Å². The first-order chi connectivity index (χ1) is 19.5. The van der Waals surface area contributed by atoms with Gasteiger partial charge in [-0.1, -0.05) is 24.3 Å². The van der Waals surface area contributed by atoms with Crippen LogP contribution in [0.25, 0.3) is 10.9 Å². The topological polar surface area (TPSA) is 94.7 Å². The molecule has 4 aromatic rings. The highest BCUT2D eigenvalue weighted by Gasteiger charge is 2.59. The van der Waals surface area contributed by atoms with Crippen LogP contribution >= 0.6 is 0 Å². The Bertz CT molecular complexity index is 1730. The number of aromatic nitrogens is 1. The maximum atomic E-state index is 14.1. The maximum absolute atomic E-state index is 14.1. The molecule has 2 aliphatic rings. The molecule has 41 heavy (non-hydrogen) atoms. The second-order valence-corrected chi connectivity index (χ2v) is 10.2. The van der Waals surface area contributed by atoms with E-state index in [1.807, 2.05) is 18.2 Å². The van der Waals surface area contributed by atoms with Crippen LogP contribution in [-0.2, 0) is 29.5 Å². The van der Waals surface area contributed by atoms with Crippen molar-refractivity contribution in [2.75, 3.05) is 18.6 Å². The molecule has 1 atom stereocenters. The number of methoxy groups -OCH3 is 1. The number of carbonyl (C=O) groups excluding carboxylic acids is 3. The van der Waals surface area contributed by atoms with Gasteiger partial charge in [-0.3, -0.25) is 9.59 Å². The number of carbonyl (C=O) groups is 3. The fourth-order valence-corrected chi connectivity index (χ4v) is 5.75. The number of hydrogen-bond donors (Lipinski definition) is 2. The second-order valence-electron chi connectivity index (χ2n) is 10.2. The zero-order valence-electron chi connectivity index (χ0n) is 22.1. The molecule has 0 spiro atoms. The summed E-state index contributed by atoms with van der Waals surface area (Å²) < 4.78 is 44.7. The van der Waals surface area contributed by atoms with Crippen LogP contribution in [0, 0.1) is 0 Å². The summed E-state index contributed by atoms with van der Waals surface area (Å²) in [6.45, 7) is 1.80. The largest absolute Gasteiger partial charge is 0.497 e. The first kappa shape index (κ1) is 26.4. The van der Waals surface area contributed by atoms with Gasteiger partial charge in [0, 0.05) is 24.0 Å². The predicted octanol–water partition coefficient (Wildman–Crippen LogP) is 5.37. The fourth-order valence-electron chi connectivity index (χ4n) is 5.75. The molecular weight excluding hydrogens is 537 g/mol. The Hall–Kier alpha value is -4.80. The van der Waals surface area contributed by atoms with Crippen LogP contribution in [0.4, 0.5) is 23.7 Å². The number of fused-ring (bicyclic) bond motifs is 5. The average molecular weight is 563 g/mol. The number of ether oxygens (including phenoxy) is 1. The Morgan fingerprint density at radius 2 is 1.85 bits per heavy atom. The van der Waals surface area contributed by atoms with E-state index in [-0.39, 0.29) is 23.4 Å². The number of anilines is 1. The summed E-state index contributed by atoms with van der Waals surface area (Å²) in [6, 6.07) is 15.9. The van der Waals surface area contributed by atoms with E-state index in [4.69, 9.17) is 4.74 Å². The molecule has 2 N–H and O–H groups in total. The van der Waals surface area contributed by atoms with E-state index in [2.05, 4.69) is 10.3 Å². The molecule has 8 nitrogen and oxygen atoms in total. The van der Waals surface area contributed by atoms with Gasteiger partial charge < -0.3 is 19.9 Å². The van der Waals surface area contributed by atoms with Crippen LogP contribution in [0.5, 0.6) is 5.75 Å². The quantitative estimate of drug-likeness (QED) is 0.320. The normalized spacial score (nSPS) is 18.5. The van der Waals surface area contributed by atoms with Crippen LogP contribution in [0.2, 0.25) is 0 Å². The molecule has 1 unspecified atom stereocenters. The Labute approximate surface area is 232 Å². The van der Waals surface area contributed by atoms with E-state index >= 15 is 0 Å². The number of nitrogens with one attached hydrogen (secondary N) is 2. The van der Waals surface area contributed by atoms with Gasteiger partial charge in [0.25, 0.3) is 11.8 Å². The van der Waals surface area contributed by atoms with Crippen molar-refractivity contribution in [3.63, 3.8) is 0 Å². The van der Waals surface area contributed by atoms with Gasteiger partial charge in [-0.15, -0.1) is 0 Å². The highest BCUT2D eigenvalue weighted by atomic mass is 19.4. The molecule has 0 aliphatic carbocycles. The number of hydrogen-bond acceptors (Lipinski definition) is 4. The molecule has 1 aromatic heterocycles. The predicted molar refractivity (Wildman–Crippen MR) is 145 cm³/mol. The SMILES string of the molecule is COc1ccc2[nH]c3c(c2c1)CCN1C(=O)N(c2ccccc2C(=O)NCc2cccc(C(F)(F)F)c2)C(=O)C31C. The molecule has 11 heteroatoms. The van der Waals surface area contributed by atoms with Crippen molar-refractivity contribution in [1.29, 1.82) is 0 Å². The van der Waals surface area contributed by atoms with Gasteiger partial charge in [-0.2, -0.15) is 13.2 Å². The Kier molecular flexibility index (Phi) is 6.05. The summed E-state index contributed by atoms with van der Waals surface area (Å²) in [6.07, 6.45) is -3.99. The van der Waals surface area contributed by atoms with Gasteiger partial charge in [0.05, 0.1) is 29.6 Å². The third-order valence-corrected chi connectivity index (χ3v) is 7.86. The van der Waals surface area contributed by atoms with Crippen LogP contribution in [0.15, 0.2) is 66.7 Å². The lowest BCUT2D eigenvalue weighted by molar-refractivity contribution is -0.137. The van der Waals surface area contributed by atoms with Crippen molar-refractivity contribution >= 4 is 34.4 Å². The number of benzene rings is 3. The van der Waals surface area contributed by atoms with E-state index < -0.39 is 35.1 Å². The summed E-state index contributed by atoms with van der Waals surface area (Å²) in [4.78, 5) is 46.9. The van der Waals surface area contributed by atoms with Gasteiger partial charge in [0.15, 0.2) is 5.54 Å². The van der Waals surface area contributed by atoms with Gasteiger partial charge in [0.2, 0.25) is 0 Å². The first-order valence-corrected chi connectivity index (χ1v) is 12.9. The molecule has 210 valence electrons. The highest BCUT2D eigenvalue weighted by molar-refractivity contribution is 6.25. The molecule has 6 rings (SSSR count). The van der Waals surface area contributed by atoms with Crippen LogP contribution in [0.1, 0.15) is 39.7 Å². The number of H-pyrrole nitrogens is 1. The molecule has 3 aromatic carbocycles. The van der Waals surface area contributed by atoms with Crippen molar-refractivity contribution in [2.24, 2.45) is 0 Å². The molecule has 1 fully saturated rings. The van der Waals surface area contributed by atoms with E-state index in [9.17, 15) is 27.6 Å². The maximum Gasteiger partial charge on any atom is 0.416 e. The lowest BCUT2D eigenvalue weighted by Crippen LogP contribution is -2.49. The van der Waals surface area contributed by atoms with E-state index in [0.717, 1.165) is 33.5 Å². The summed E-state index contributed by atoms with van der Waals surface area (Å²) in [5.41, 5.74) is 0.590. The minimum absolute atomic E-state index is 0.0474. The number of imide groups is 1. The summed E-state index contributed by atoms with van der Waals surface area (Å²) in [5.74, 6) is -0.473. The van der Waals surface area contributed by atoms with Gasteiger partial charge >= 0.3 is 12.2 Å². The smallest absolute Gasteiger partial charge is 0.416 e. The summed E-state index contributed by atoms with van der Waals surface area (Å²) >= 11 is 0. The lowest BCUT2D eigenvalue weighted by Gasteiger charge is -2.35. The molecular formula is C30H25F3N4O4. The average Bonchev–Trinajstić information content (AvgIpc) is 3.43. The Morgan fingerprint density at radius 1 is 1.07 bits per heavy atom. The van der Waals surface area contributed by atoms with Crippen molar-refractivity contribution in [3.05, 3.63) is 94.7 Å². The number of para-hydroxylation sites is 1. The minimum Gasteiger partial charge on any atom is -0.497 e. The van der Waals surface area contributed by atoms with Crippen LogP contribution in [-0.4, -0.2) is 41.4 Å². The van der Waals surface area contributed by atoms with Gasteiger partial charge in [-0.25, -0.2) is 9.69 Å². The molecule has 0 saturated carbocycles. The number of urea groups is 1. The van der Waals surface area contributed by atoms with Crippen molar-refractivity contribution in [2.45, 2.75) is 31.6 Å². The Morgan fingerprint density at radius 3 is 2.61 bits per heavy atom. The molecule has 0 bridgehead atoms. The summed E-state index contributed by atoms with van der Waals surface area (Å²) in [7, 11) is 1.58. The third-order valence-electron chi connectivity index (χ3n) is 7.86. The first-order valence-electron chi connectivity index (χ1n) is 12.9. The third kappa shape index (κ3) is 4.11. The molecule has 1 saturated heterocycles. The van der Waals surface area contributed by atoms with Gasteiger partial charge in [0.1, 0.15) is 5.75 Å². The molecule has 2 aliphatic heterocycles. The zero-order valence-corrected chi connectivity index (χ0v) is 22.1. The molecule has 3 heterocycles. The second kappa shape index (κ2) is 9.39. The zero-order chi connectivity index (χ0) is 29.1. The van der Waals surface area contributed by atoms with Crippen LogP contribution in [0.3, 0.4) is 0 Å². The monoisotopic (exact) mass is 562 g/mol. The number of halogens is 3. The molecule has 0 radical (unpaired) electrons. The number of rotatable bonds is 5.